The van der Waals surface area contributed by atoms with E-state index in [1.54, 1.807) is 11.3 Å². The Morgan fingerprint density at radius 3 is 2.78 bits per heavy atom. The molecule has 12 heteroatoms. The maximum atomic E-state index is 10.3. The Morgan fingerprint density at radius 1 is 1.20 bits per heavy atom. The first-order valence-corrected chi connectivity index (χ1v) is 17.3. The Kier molecular flexibility index (Phi) is 7.11. The molecule has 4 aliphatic rings. The van der Waals surface area contributed by atoms with Crippen molar-refractivity contribution in [2.45, 2.75) is 82.2 Å². The number of hydrogen-bond donors (Lipinski definition) is 2. The predicted molar refractivity (Wildman–Crippen MR) is 174 cm³/mol. The van der Waals surface area contributed by atoms with Gasteiger partial charge < -0.3 is 24.7 Å². The molecule has 0 bridgehead atoms. The Morgan fingerprint density at radius 2 is 2.04 bits per heavy atom. The van der Waals surface area contributed by atoms with Gasteiger partial charge in [0.1, 0.15) is 16.9 Å². The first kappa shape index (κ1) is 28.9. The van der Waals surface area contributed by atoms with Gasteiger partial charge in [-0.25, -0.2) is 14.6 Å². The maximum absolute atomic E-state index is 10.3. The van der Waals surface area contributed by atoms with Crippen molar-refractivity contribution in [2.24, 2.45) is 5.92 Å². The monoisotopic (exact) mass is 627 g/mol. The highest BCUT2D eigenvalue weighted by atomic mass is 32.1. The molecule has 6 heterocycles. The highest BCUT2D eigenvalue weighted by Gasteiger charge is 2.49. The number of hydrogen-bond acceptors (Lipinski definition) is 11. The Bertz CT molecular complexity index is 1800. The Balaban J connectivity index is 1.28. The van der Waals surface area contributed by atoms with Crippen LogP contribution in [0.1, 0.15) is 85.2 Å². The molecule has 45 heavy (non-hydrogen) atoms. The second-order valence-corrected chi connectivity index (χ2v) is 14.6. The molecule has 4 aromatic heterocycles. The van der Waals surface area contributed by atoms with Crippen LogP contribution in [0.3, 0.4) is 0 Å². The largest absolute Gasteiger partial charge is 0.396 e. The van der Waals surface area contributed by atoms with Gasteiger partial charge in [0.25, 0.3) is 0 Å². The van der Waals surface area contributed by atoms with Gasteiger partial charge in [-0.1, -0.05) is 5.16 Å². The van der Waals surface area contributed by atoms with Crippen LogP contribution in [0.5, 0.6) is 0 Å². The number of likely N-dealkylation sites (N-methyl/N-ethyl adjacent to an activating group) is 1. The fourth-order valence-corrected chi connectivity index (χ4v) is 10.1. The van der Waals surface area contributed by atoms with Crippen molar-refractivity contribution in [3.63, 3.8) is 0 Å². The minimum atomic E-state index is -0.358. The molecule has 11 nitrogen and oxygen atoms in total. The van der Waals surface area contributed by atoms with Crippen LogP contribution in [0.2, 0.25) is 0 Å². The number of aliphatic hydroxyl groups excluding tert-OH is 1. The number of rotatable bonds is 6. The topological polar surface area (TPSA) is 132 Å². The second-order valence-electron chi connectivity index (χ2n) is 13.5. The van der Waals surface area contributed by atoms with Gasteiger partial charge in [0.05, 0.1) is 28.6 Å². The fourth-order valence-electron chi connectivity index (χ4n) is 8.81. The van der Waals surface area contributed by atoms with Gasteiger partial charge in [0, 0.05) is 49.1 Å². The molecule has 4 atom stereocenters. The van der Waals surface area contributed by atoms with E-state index < -0.39 is 0 Å². The number of aliphatic hydroxyl groups is 1. The second kappa shape index (κ2) is 11.1. The van der Waals surface area contributed by atoms with Crippen molar-refractivity contribution in [3.05, 3.63) is 33.5 Å². The lowest BCUT2D eigenvalue weighted by molar-refractivity contribution is 0.232. The number of nitrogens with zero attached hydrogens (tertiary/aromatic N) is 8. The van der Waals surface area contributed by atoms with Gasteiger partial charge in [0.15, 0.2) is 22.9 Å². The van der Waals surface area contributed by atoms with Crippen molar-refractivity contribution in [1.82, 2.24) is 29.8 Å². The van der Waals surface area contributed by atoms with Gasteiger partial charge in [-0.3, -0.25) is 0 Å². The summed E-state index contributed by atoms with van der Waals surface area (Å²) in [6, 6.07) is 3.07. The van der Waals surface area contributed by atoms with E-state index in [1.165, 1.54) is 11.3 Å². The van der Waals surface area contributed by atoms with Crippen LogP contribution < -0.4 is 10.2 Å². The summed E-state index contributed by atoms with van der Waals surface area (Å²) in [5.41, 5.74) is 4.14. The summed E-state index contributed by atoms with van der Waals surface area (Å²) in [6.07, 6.45) is 10.9. The fraction of sp³-hybridized carbons (Fsp3) is 0.606. The number of fused-ring (bicyclic) bond motifs is 5. The molecule has 2 saturated heterocycles. The van der Waals surface area contributed by atoms with Gasteiger partial charge in [-0.2, -0.15) is 10.4 Å². The van der Waals surface area contributed by atoms with E-state index in [9.17, 15) is 10.4 Å². The Labute approximate surface area is 267 Å². The molecule has 236 valence electrons. The van der Waals surface area contributed by atoms with Crippen LogP contribution in [-0.2, 0) is 18.3 Å². The highest BCUT2D eigenvalue weighted by Crippen LogP contribution is 2.55. The quantitative estimate of drug-likeness (QED) is 0.305. The van der Waals surface area contributed by atoms with E-state index >= 15 is 0 Å². The lowest BCUT2D eigenvalue weighted by Crippen LogP contribution is -2.35. The molecule has 2 aliphatic carbocycles. The van der Waals surface area contributed by atoms with E-state index in [1.807, 2.05) is 13.2 Å². The van der Waals surface area contributed by atoms with Crippen LogP contribution in [-0.4, -0.2) is 81.3 Å². The van der Waals surface area contributed by atoms with Crippen LogP contribution in [0.4, 0.5) is 10.8 Å². The average molecular weight is 628 g/mol. The highest BCUT2D eigenvalue weighted by molar-refractivity contribution is 7.16. The van der Waals surface area contributed by atoms with Crippen molar-refractivity contribution in [3.8, 4) is 17.6 Å². The summed E-state index contributed by atoms with van der Waals surface area (Å²) < 4.78 is 8.45. The molecular weight excluding hydrogens is 586 g/mol. The van der Waals surface area contributed by atoms with Crippen molar-refractivity contribution < 1.29 is 9.63 Å². The summed E-state index contributed by atoms with van der Waals surface area (Å²) >= 11 is 1.71. The van der Waals surface area contributed by atoms with Gasteiger partial charge in [0.2, 0.25) is 0 Å². The summed E-state index contributed by atoms with van der Waals surface area (Å²) in [7, 11) is 4.10. The van der Waals surface area contributed by atoms with Gasteiger partial charge in [-0.05, 0) is 83.9 Å². The predicted octanol–water partition coefficient (Wildman–Crippen LogP) is 4.89. The average Bonchev–Trinajstić information content (AvgIpc) is 3.89. The zero-order valence-corrected chi connectivity index (χ0v) is 27.2. The smallest absolute Gasteiger partial charge is 0.186 e. The van der Waals surface area contributed by atoms with Crippen LogP contribution in [0.25, 0.3) is 22.6 Å². The van der Waals surface area contributed by atoms with Crippen molar-refractivity contribution in [2.75, 3.05) is 50.6 Å². The first-order chi connectivity index (χ1) is 22.0. The molecule has 0 saturated carbocycles. The lowest BCUT2D eigenvalue weighted by atomic mass is 9.63. The minimum Gasteiger partial charge on any atom is -0.396 e. The van der Waals surface area contributed by atoms with Gasteiger partial charge >= 0.3 is 0 Å². The standard InChI is InChI=1S/C33H41N9O2S/c1-19(24-8-6-13-40(24)3)42-31-23(16-36-42)30(41-14-10-20(17-41)18-43)37-29(38-31)27-21-7-4-11-33(28(21)44-39-27)12-5-9-25-26(33)22(15-34)32(35-2)45-25/h16,19-20,24,35,43H,4-14,17-18H2,1-3H3/t19-,20+,24-,33-/m0/s1. The lowest BCUT2D eigenvalue weighted by Gasteiger charge is -2.39. The SMILES string of the molecule is CNc1sc2c(c1C#N)[C@@]1(CCC2)CCCc2c(-c3nc(N4CC[C@@H](CO)C4)c4cnn([C@@H](C)[C@@H]5CCCN5C)c4n3)noc21. The number of nitrogens with one attached hydrogen (secondary N) is 1. The Hall–Kier alpha value is -3.53. The normalized spacial score (nSPS) is 25.5. The molecule has 2 N–H and O–H groups in total. The van der Waals surface area contributed by atoms with E-state index in [0.717, 1.165) is 115 Å². The summed E-state index contributed by atoms with van der Waals surface area (Å²) in [5, 5.41) is 35.0. The molecule has 8 rings (SSSR count). The number of aryl methyl sites for hydroxylation is 1. The molecule has 1 spiro atoms. The molecule has 2 fully saturated rings. The molecule has 0 aromatic carbocycles. The zero-order chi connectivity index (χ0) is 30.9. The van der Waals surface area contributed by atoms with Gasteiger partial charge in [-0.15, -0.1) is 11.3 Å². The summed E-state index contributed by atoms with van der Waals surface area (Å²) in [6.45, 7) is 5.09. The van der Waals surface area contributed by atoms with Crippen molar-refractivity contribution >= 4 is 33.2 Å². The number of thiophene rings is 1. The number of anilines is 2. The van der Waals surface area contributed by atoms with E-state index in [-0.39, 0.29) is 24.0 Å². The third-order valence-electron chi connectivity index (χ3n) is 11.1. The van der Waals surface area contributed by atoms with E-state index in [0.29, 0.717) is 17.6 Å². The van der Waals surface area contributed by atoms with Crippen LogP contribution in [0.15, 0.2) is 10.7 Å². The maximum Gasteiger partial charge on any atom is 0.186 e. The third-order valence-corrected chi connectivity index (χ3v) is 12.3. The first-order valence-electron chi connectivity index (χ1n) is 16.5. The molecular formula is C33H41N9O2S. The van der Waals surface area contributed by atoms with E-state index in [2.05, 4.69) is 39.8 Å². The molecule has 2 aliphatic heterocycles. The molecule has 0 radical (unpaired) electrons. The van der Waals surface area contributed by atoms with E-state index in [4.69, 9.17) is 24.7 Å². The number of likely N-dealkylation sites (tertiary alicyclic amines) is 1. The zero-order valence-electron chi connectivity index (χ0n) is 26.3. The van der Waals surface area contributed by atoms with Crippen molar-refractivity contribution in [1.29, 1.82) is 5.26 Å². The third kappa shape index (κ3) is 4.34. The summed E-state index contributed by atoms with van der Waals surface area (Å²) in [5.74, 6) is 2.54. The summed E-state index contributed by atoms with van der Waals surface area (Å²) in [4.78, 5) is 16.4. The molecule has 0 amide bonds. The van der Waals surface area contributed by atoms with Crippen LogP contribution >= 0.6 is 11.3 Å². The number of nitriles is 1. The minimum absolute atomic E-state index is 0.147. The molecule has 0 unspecified atom stereocenters. The molecule has 4 aromatic rings. The number of aromatic nitrogens is 5. The van der Waals surface area contributed by atoms with Crippen LogP contribution in [0, 0.1) is 17.2 Å².